The van der Waals surface area contributed by atoms with Crippen molar-refractivity contribution in [3.8, 4) is 0 Å². The van der Waals surface area contributed by atoms with Crippen LogP contribution in [0, 0.1) is 11.8 Å². The summed E-state index contributed by atoms with van der Waals surface area (Å²) in [4.78, 5) is 26.6. The molecule has 0 bridgehead atoms. The van der Waals surface area contributed by atoms with Gasteiger partial charge in [-0.05, 0) is 37.5 Å². The van der Waals surface area contributed by atoms with E-state index in [4.69, 9.17) is 5.11 Å². The molecule has 7 heteroatoms. The van der Waals surface area contributed by atoms with Gasteiger partial charge in [-0.3, -0.25) is 0 Å². The Morgan fingerprint density at radius 2 is 2.00 bits per heavy atom. The van der Waals surface area contributed by atoms with Crippen molar-refractivity contribution in [3.05, 3.63) is 16.1 Å². The number of carbonyl (C=O) groups excluding carboxylic acids is 1. The molecule has 2 amide bonds. The molecule has 1 aromatic rings. The van der Waals surface area contributed by atoms with Gasteiger partial charge in [0.2, 0.25) is 0 Å². The van der Waals surface area contributed by atoms with Crippen LogP contribution >= 0.6 is 11.3 Å². The summed E-state index contributed by atoms with van der Waals surface area (Å²) in [5, 5.41) is 17.0. The van der Waals surface area contributed by atoms with Gasteiger partial charge in [0.25, 0.3) is 0 Å². The van der Waals surface area contributed by atoms with Crippen LogP contribution in [-0.4, -0.2) is 34.7 Å². The molecule has 2 saturated carbocycles. The number of hydrogen-bond acceptors (Lipinski definition) is 4. The van der Waals surface area contributed by atoms with Gasteiger partial charge < -0.3 is 15.7 Å². The van der Waals surface area contributed by atoms with Crippen LogP contribution in [0.5, 0.6) is 0 Å². The van der Waals surface area contributed by atoms with E-state index in [2.05, 4.69) is 15.6 Å². The van der Waals surface area contributed by atoms with Crippen LogP contribution in [0.4, 0.5) is 4.79 Å². The van der Waals surface area contributed by atoms with E-state index in [1.165, 1.54) is 42.4 Å². The Kier molecular flexibility index (Phi) is 4.10. The van der Waals surface area contributed by atoms with Gasteiger partial charge in [-0.25, -0.2) is 14.6 Å². The summed E-state index contributed by atoms with van der Waals surface area (Å²) in [5.74, 6) is 0.348. The van der Waals surface area contributed by atoms with E-state index >= 15 is 0 Å². The van der Waals surface area contributed by atoms with E-state index < -0.39 is 5.97 Å². The number of carboxylic acids is 1. The minimum absolute atomic E-state index is 0.0713. The number of carbonyl (C=O) groups is 2. The molecule has 0 saturated heterocycles. The minimum Gasteiger partial charge on any atom is -0.476 e. The maximum absolute atomic E-state index is 11.9. The maximum atomic E-state index is 11.9. The van der Waals surface area contributed by atoms with Crippen molar-refractivity contribution >= 4 is 23.3 Å². The van der Waals surface area contributed by atoms with Crippen molar-refractivity contribution in [2.75, 3.05) is 6.54 Å². The summed E-state index contributed by atoms with van der Waals surface area (Å²) in [6, 6.07) is 0.234. The Morgan fingerprint density at radius 1 is 1.33 bits per heavy atom. The van der Waals surface area contributed by atoms with Crippen LogP contribution in [0.15, 0.2) is 5.38 Å². The fourth-order valence-electron chi connectivity index (χ4n) is 2.54. The third-order valence-electron chi connectivity index (χ3n) is 3.95. The van der Waals surface area contributed by atoms with E-state index in [0.29, 0.717) is 30.8 Å². The molecule has 2 aliphatic carbocycles. The SMILES string of the molecule is O=C(NCCc1nc(C(=O)O)cs1)NC(C1CC1)C1CC1. The third-order valence-corrected chi connectivity index (χ3v) is 4.86. The number of nitrogens with zero attached hydrogens (tertiary/aromatic N) is 1. The molecule has 3 rings (SSSR count). The molecule has 1 aromatic heterocycles. The lowest BCUT2D eigenvalue weighted by Crippen LogP contribution is -2.44. The second kappa shape index (κ2) is 6.01. The first-order valence-corrected chi connectivity index (χ1v) is 8.23. The van der Waals surface area contributed by atoms with Crippen LogP contribution in [0.2, 0.25) is 0 Å². The Bertz CT molecular complexity index is 525. The van der Waals surface area contributed by atoms with Crippen LogP contribution in [0.3, 0.4) is 0 Å². The Morgan fingerprint density at radius 3 is 2.52 bits per heavy atom. The fourth-order valence-corrected chi connectivity index (χ4v) is 3.31. The molecule has 2 aliphatic rings. The molecule has 0 aromatic carbocycles. The molecule has 0 radical (unpaired) electrons. The molecule has 2 fully saturated rings. The van der Waals surface area contributed by atoms with Gasteiger partial charge in [-0.15, -0.1) is 11.3 Å². The van der Waals surface area contributed by atoms with Gasteiger partial charge in [-0.2, -0.15) is 0 Å². The van der Waals surface area contributed by atoms with E-state index in [0.717, 1.165) is 5.01 Å². The van der Waals surface area contributed by atoms with E-state index in [1.54, 1.807) is 0 Å². The minimum atomic E-state index is -1.01. The summed E-state index contributed by atoms with van der Waals surface area (Å²) in [5.41, 5.74) is 0.0713. The van der Waals surface area contributed by atoms with E-state index in [9.17, 15) is 9.59 Å². The van der Waals surface area contributed by atoms with Gasteiger partial charge in [0, 0.05) is 24.4 Å². The lowest BCUT2D eigenvalue weighted by molar-refractivity contribution is 0.0691. The summed E-state index contributed by atoms with van der Waals surface area (Å²) in [6.07, 6.45) is 5.50. The standard InChI is InChI=1S/C14H19N3O3S/c18-13(19)10-7-21-11(16-10)5-6-15-14(20)17-12(8-1-2-8)9-3-4-9/h7-9,12H,1-6H2,(H,18,19)(H2,15,17,20). The monoisotopic (exact) mass is 309 g/mol. The molecule has 0 unspecified atom stereocenters. The summed E-state index contributed by atoms with van der Waals surface area (Å²) < 4.78 is 0. The molecule has 1 heterocycles. The highest BCUT2D eigenvalue weighted by molar-refractivity contribution is 7.09. The van der Waals surface area contributed by atoms with E-state index in [1.807, 2.05) is 0 Å². The molecule has 6 nitrogen and oxygen atoms in total. The lowest BCUT2D eigenvalue weighted by atomic mass is 10.1. The Labute approximate surface area is 127 Å². The number of amides is 2. The number of urea groups is 1. The molecule has 114 valence electrons. The zero-order valence-electron chi connectivity index (χ0n) is 11.7. The highest BCUT2D eigenvalue weighted by Gasteiger charge is 2.42. The van der Waals surface area contributed by atoms with Crippen molar-refractivity contribution in [1.29, 1.82) is 0 Å². The lowest BCUT2D eigenvalue weighted by Gasteiger charge is -2.17. The molecule has 0 spiro atoms. The molecular formula is C14H19N3O3S. The highest BCUT2D eigenvalue weighted by Crippen LogP contribution is 2.44. The Hall–Kier alpha value is -1.63. The predicted molar refractivity (Wildman–Crippen MR) is 78.5 cm³/mol. The first-order valence-electron chi connectivity index (χ1n) is 7.35. The van der Waals surface area contributed by atoms with Crippen molar-refractivity contribution in [2.24, 2.45) is 11.8 Å². The number of carboxylic acid groups (broad SMARTS) is 1. The number of hydrogen-bond donors (Lipinski definition) is 3. The number of rotatable bonds is 7. The van der Waals surface area contributed by atoms with Gasteiger partial charge in [0.15, 0.2) is 5.69 Å². The van der Waals surface area contributed by atoms with Crippen molar-refractivity contribution in [2.45, 2.75) is 38.1 Å². The van der Waals surface area contributed by atoms with Crippen LogP contribution < -0.4 is 10.6 Å². The summed E-state index contributed by atoms with van der Waals surface area (Å²) >= 11 is 1.31. The van der Waals surface area contributed by atoms with E-state index in [-0.39, 0.29) is 11.7 Å². The second-order valence-electron chi connectivity index (χ2n) is 5.78. The maximum Gasteiger partial charge on any atom is 0.355 e. The quantitative estimate of drug-likeness (QED) is 0.717. The van der Waals surface area contributed by atoms with Crippen molar-refractivity contribution < 1.29 is 14.7 Å². The Balaban J connectivity index is 1.39. The van der Waals surface area contributed by atoms with Crippen molar-refractivity contribution in [3.63, 3.8) is 0 Å². The predicted octanol–water partition coefficient (Wildman–Crippen LogP) is 1.87. The zero-order valence-corrected chi connectivity index (χ0v) is 12.5. The highest BCUT2D eigenvalue weighted by atomic mass is 32.1. The summed E-state index contributed by atoms with van der Waals surface area (Å²) in [7, 11) is 0. The zero-order chi connectivity index (χ0) is 14.8. The largest absolute Gasteiger partial charge is 0.476 e. The fraction of sp³-hybridized carbons (Fsp3) is 0.643. The molecule has 21 heavy (non-hydrogen) atoms. The second-order valence-corrected chi connectivity index (χ2v) is 6.73. The van der Waals surface area contributed by atoms with Crippen LogP contribution in [0.1, 0.15) is 41.2 Å². The molecule has 0 atom stereocenters. The van der Waals surface area contributed by atoms with Gasteiger partial charge >= 0.3 is 12.0 Å². The summed E-state index contributed by atoms with van der Waals surface area (Å²) in [6.45, 7) is 0.473. The van der Waals surface area contributed by atoms with Crippen molar-refractivity contribution in [1.82, 2.24) is 15.6 Å². The molecular weight excluding hydrogens is 290 g/mol. The van der Waals surface area contributed by atoms with Gasteiger partial charge in [0.1, 0.15) is 0 Å². The molecule has 3 N–H and O–H groups in total. The van der Waals surface area contributed by atoms with Crippen LogP contribution in [0.25, 0.3) is 0 Å². The van der Waals surface area contributed by atoms with Crippen LogP contribution in [-0.2, 0) is 6.42 Å². The average molecular weight is 309 g/mol. The molecule has 0 aliphatic heterocycles. The smallest absolute Gasteiger partial charge is 0.355 e. The van der Waals surface area contributed by atoms with Gasteiger partial charge in [0.05, 0.1) is 5.01 Å². The number of aromatic nitrogens is 1. The first kappa shape index (κ1) is 14.3. The first-order chi connectivity index (χ1) is 10.1. The number of thiazole rings is 1. The number of nitrogens with one attached hydrogen (secondary N) is 2. The topological polar surface area (TPSA) is 91.3 Å². The third kappa shape index (κ3) is 3.93. The normalized spacial score (nSPS) is 17.8. The van der Waals surface area contributed by atoms with Gasteiger partial charge in [-0.1, -0.05) is 0 Å². The average Bonchev–Trinajstić information content (AvgIpc) is 3.35. The number of aromatic carboxylic acids is 1.